The summed E-state index contributed by atoms with van der Waals surface area (Å²) in [5.74, 6) is -1.10. The molecule has 142 valence electrons. The van der Waals surface area contributed by atoms with Crippen LogP contribution in [0.3, 0.4) is 0 Å². The number of likely N-dealkylation sites (tertiary alicyclic amines) is 1. The van der Waals surface area contributed by atoms with Crippen LogP contribution in [0.15, 0.2) is 18.2 Å². The fourth-order valence-electron chi connectivity index (χ4n) is 5.60. The first-order valence-electron chi connectivity index (χ1n) is 8.71. The van der Waals surface area contributed by atoms with E-state index in [1.165, 1.54) is 11.0 Å². The number of phenols is 1. The molecule has 0 aromatic heterocycles. The maximum Gasteiger partial charge on any atom is 0.401 e. The van der Waals surface area contributed by atoms with E-state index in [4.69, 9.17) is 5.73 Å². The molecule has 3 aliphatic rings. The van der Waals surface area contributed by atoms with E-state index >= 15 is 0 Å². The molecular formula is C18H21F3N2O3. The summed E-state index contributed by atoms with van der Waals surface area (Å²) in [7, 11) is 0. The maximum atomic E-state index is 13.1. The van der Waals surface area contributed by atoms with Crippen molar-refractivity contribution >= 4 is 5.91 Å². The van der Waals surface area contributed by atoms with E-state index in [0.29, 0.717) is 6.42 Å². The van der Waals surface area contributed by atoms with Crippen LogP contribution in [0.2, 0.25) is 0 Å². The number of amides is 1. The van der Waals surface area contributed by atoms with Crippen molar-refractivity contribution in [3.63, 3.8) is 0 Å². The van der Waals surface area contributed by atoms with E-state index in [-0.39, 0.29) is 31.6 Å². The molecule has 0 spiro atoms. The van der Waals surface area contributed by atoms with Crippen LogP contribution < -0.4 is 5.73 Å². The van der Waals surface area contributed by atoms with Gasteiger partial charge in [-0.15, -0.1) is 0 Å². The first kappa shape index (κ1) is 17.6. The highest BCUT2D eigenvalue weighted by atomic mass is 19.4. The number of carbonyl (C=O) groups excluding carboxylic acids is 1. The smallest absolute Gasteiger partial charge is 0.401 e. The lowest BCUT2D eigenvalue weighted by molar-refractivity contribution is -0.188. The van der Waals surface area contributed by atoms with Crippen LogP contribution in [-0.4, -0.2) is 51.9 Å². The van der Waals surface area contributed by atoms with E-state index in [0.717, 1.165) is 11.1 Å². The van der Waals surface area contributed by atoms with E-state index in [2.05, 4.69) is 0 Å². The zero-order valence-corrected chi connectivity index (χ0v) is 14.1. The monoisotopic (exact) mass is 370 g/mol. The molecule has 0 unspecified atom stereocenters. The number of nitrogens with two attached hydrogens (primary N) is 1. The summed E-state index contributed by atoms with van der Waals surface area (Å²) in [6, 6.07) is 4.05. The minimum Gasteiger partial charge on any atom is -0.508 e. The topological polar surface area (TPSA) is 86.8 Å². The van der Waals surface area contributed by atoms with Gasteiger partial charge in [-0.3, -0.25) is 9.69 Å². The summed E-state index contributed by atoms with van der Waals surface area (Å²) < 4.78 is 39.2. The van der Waals surface area contributed by atoms with Crippen molar-refractivity contribution in [2.24, 2.45) is 11.7 Å². The Kier molecular flexibility index (Phi) is 3.63. The second-order valence-electron chi connectivity index (χ2n) is 7.91. The van der Waals surface area contributed by atoms with Gasteiger partial charge >= 0.3 is 6.18 Å². The number of halogens is 3. The lowest BCUT2D eigenvalue weighted by Crippen LogP contribution is -2.70. The highest BCUT2D eigenvalue weighted by Gasteiger charge is 2.68. The second kappa shape index (κ2) is 5.36. The van der Waals surface area contributed by atoms with Gasteiger partial charge in [-0.1, -0.05) is 6.07 Å². The van der Waals surface area contributed by atoms with Crippen LogP contribution in [0.25, 0.3) is 0 Å². The van der Waals surface area contributed by atoms with Gasteiger partial charge < -0.3 is 15.9 Å². The van der Waals surface area contributed by atoms with Gasteiger partial charge in [0, 0.05) is 17.4 Å². The van der Waals surface area contributed by atoms with Crippen LogP contribution >= 0.6 is 0 Å². The van der Waals surface area contributed by atoms with E-state index < -0.39 is 41.6 Å². The maximum absolute atomic E-state index is 13.1. The molecule has 1 saturated carbocycles. The third kappa shape index (κ3) is 2.35. The molecule has 8 heteroatoms. The van der Waals surface area contributed by atoms with Crippen molar-refractivity contribution in [2.75, 3.05) is 13.1 Å². The minimum atomic E-state index is -4.37. The Bertz CT molecular complexity index is 769. The molecule has 4 rings (SSSR count). The van der Waals surface area contributed by atoms with Crippen molar-refractivity contribution < 1.29 is 28.2 Å². The Morgan fingerprint density at radius 3 is 2.73 bits per heavy atom. The number of primary amides is 1. The Morgan fingerprint density at radius 2 is 2.08 bits per heavy atom. The molecule has 2 aliphatic carbocycles. The quantitative estimate of drug-likeness (QED) is 0.736. The molecule has 2 fully saturated rings. The highest BCUT2D eigenvalue weighted by Crippen LogP contribution is 2.61. The predicted molar refractivity (Wildman–Crippen MR) is 86.4 cm³/mol. The summed E-state index contributed by atoms with van der Waals surface area (Å²) in [6.07, 6.45) is -3.48. The number of aliphatic hydroxyl groups is 1. The fraction of sp³-hybridized carbons (Fsp3) is 0.611. The van der Waals surface area contributed by atoms with Gasteiger partial charge in [0.1, 0.15) is 5.75 Å². The minimum absolute atomic E-state index is 0.0409. The van der Waals surface area contributed by atoms with Crippen molar-refractivity contribution in [1.29, 1.82) is 0 Å². The van der Waals surface area contributed by atoms with Gasteiger partial charge in [-0.25, -0.2) is 0 Å². The second-order valence-corrected chi connectivity index (χ2v) is 7.91. The van der Waals surface area contributed by atoms with Gasteiger partial charge in [0.25, 0.3) is 0 Å². The number of carbonyl (C=O) groups is 1. The summed E-state index contributed by atoms with van der Waals surface area (Å²) >= 11 is 0. The Hall–Kier alpha value is -1.80. The number of nitrogens with zero attached hydrogens (tertiary/aromatic N) is 1. The number of benzene rings is 1. The molecule has 1 aromatic rings. The Balaban J connectivity index is 1.85. The number of piperidine rings is 1. The molecule has 1 heterocycles. The first-order chi connectivity index (χ1) is 12.1. The molecule has 1 saturated heterocycles. The number of hydrogen-bond acceptors (Lipinski definition) is 4. The van der Waals surface area contributed by atoms with Crippen molar-refractivity contribution in [1.82, 2.24) is 4.90 Å². The highest BCUT2D eigenvalue weighted by molar-refractivity contribution is 5.78. The van der Waals surface area contributed by atoms with E-state index in [1.807, 2.05) is 0 Å². The normalized spacial score (nSPS) is 36.5. The largest absolute Gasteiger partial charge is 0.508 e. The molecule has 1 aliphatic heterocycles. The number of fused-ring (bicyclic) bond motifs is 1. The Morgan fingerprint density at radius 1 is 1.35 bits per heavy atom. The molecule has 2 bridgehead atoms. The molecule has 1 amide bonds. The Labute approximate surface area is 148 Å². The molecule has 0 radical (unpaired) electrons. The van der Waals surface area contributed by atoms with Gasteiger partial charge in [-0.2, -0.15) is 13.2 Å². The summed E-state index contributed by atoms with van der Waals surface area (Å²) in [5, 5.41) is 21.5. The first-order valence-corrected chi connectivity index (χ1v) is 8.71. The number of hydrogen-bond donors (Lipinski definition) is 3. The van der Waals surface area contributed by atoms with Crippen LogP contribution in [0.4, 0.5) is 13.2 Å². The predicted octanol–water partition coefficient (Wildman–Crippen LogP) is 1.45. The summed E-state index contributed by atoms with van der Waals surface area (Å²) in [4.78, 5) is 13.1. The molecule has 4 N–H and O–H groups in total. The van der Waals surface area contributed by atoms with Crippen LogP contribution in [0, 0.1) is 5.92 Å². The average Bonchev–Trinajstić information content (AvgIpc) is 2.85. The molecule has 5 nitrogen and oxygen atoms in total. The van der Waals surface area contributed by atoms with Crippen LogP contribution in [0.1, 0.15) is 30.4 Å². The lowest BCUT2D eigenvalue weighted by atomic mass is 9.56. The van der Waals surface area contributed by atoms with Crippen LogP contribution in [-0.2, 0) is 16.6 Å². The zero-order valence-electron chi connectivity index (χ0n) is 14.1. The average molecular weight is 370 g/mol. The van der Waals surface area contributed by atoms with E-state index in [1.54, 1.807) is 12.1 Å². The van der Waals surface area contributed by atoms with Gasteiger partial charge in [0.2, 0.25) is 5.91 Å². The van der Waals surface area contributed by atoms with Crippen molar-refractivity contribution in [3.8, 4) is 5.75 Å². The lowest BCUT2D eigenvalue weighted by Gasteiger charge is -2.59. The molecule has 26 heavy (non-hydrogen) atoms. The molecular weight excluding hydrogens is 349 g/mol. The number of phenolic OH excluding ortho intramolecular Hbond substituents is 1. The van der Waals surface area contributed by atoms with Gasteiger partial charge in [0.15, 0.2) is 0 Å². The summed E-state index contributed by atoms with van der Waals surface area (Å²) in [5.41, 5.74) is 4.71. The van der Waals surface area contributed by atoms with E-state index in [9.17, 15) is 28.2 Å². The van der Waals surface area contributed by atoms with Gasteiger partial charge in [0.05, 0.1) is 12.1 Å². The third-order valence-electron chi connectivity index (χ3n) is 6.61. The number of aromatic hydroxyl groups is 1. The van der Waals surface area contributed by atoms with Crippen LogP contribution in [0.5, 0.6) is 5.75 Å². The number of rotatable bonds is 2. The van der Waals surface area contributed by atoms with Gasteiger partial charge in [-0.05, 0) is 55.5 Å². The molecule has 1 aromatic carbocycles. The summed E-state index contributed by atoms with van der Waals surface area (Å²) in [6.45, 7) is -0.919. The zero-order chi connectivity index (χ0) is 18.9. The molecule has 4 atom stereocenters. The standard InChI is InChI=1S/C18H21F3N2O3/c19-18(20,21)9-23-4-3-16-7-11(15(22)25)8-17(16,26)14(23)5-10-1-2-12(24)6-13(10)16/h1-2,6,11,14,24,26H,3-5,7-9H2,(H2,22,25)/t11-,14-,16-,17-/m1/s1. The van der Waals surface area contributed by atoms with Crippen molar-refractivity contribution in [3.05, 3.63) is 29.3 Å². The third-order valence-corrected chi connectivity index (χ3v) is 6.61. The van der Waals surface area contributed by atoms with Crippen molar-refractivity contribution in [2.45, 2.75) is 48.9 Å². The number of alkyl halides is 3. The fourth-order valence-corrected chi connectivity index (χ4v) is 5.60. The SMILES string of the molecule is NC(=O)[C@@H]1C[C@]23CCN(CC(F)(F)F)[C@H](Cc4ccc(O)cc42)[C@]3(O)C1.